The molecule has 2 aromatic carbocycles. The molecule has 14 heteroatoms. The van der Waals surface area contributed by atoms with E-state index >= 15 is 0 Å². The van der Waals surface area contributed by atoms with Gasteiger partial charge in [-0.05, 0) is 54.0 Å². The monoisotopic (exact) mass is 603 g/mol. The number of halogens is 4. The Hall–Kier alpha value is -4.10. The highest BCUT2D eigenvalue weighted by Gasteiger charge is 2.48. The largest absolute Gasteiger partial charge is 0.457 e. The Labute approximate surface area is 240 Å². The van der Waals surface area contributed by atoms with Crippen LogP contribution >= 0.6 is 22.9 Å². The van der Waals surface area contributed by atoms with Gasteiger partial charge < -0.3 is 15.4 Å². The minimum atomic E-state index is -4.65. The molecule has 9 nitrogen and oxygen atoms in total. The molecule has 0 spiro atoms. The van der Waals surface area contributed by atoms with Crippen molar-refractivity contribution in [3.8, 4) is 11.5 Å². The van der Waals surface area contributed by atoms with Crippen molar-refractivity contribution >= 4 is 46.0 Å². The highest BCUT2D eigenvalue weighted by Crippen LogP contribution is 2.47. The van der Waals surface area contributed by atoms with E-state index in [0.717, 1.165) is 30.9 Å². The van der Waals surface area contributed by atoms with Crippen molar-refractivity contribution in [3.63, 3.8) is 0 Å². The van der Waals surface area contributed by atoms with Gasteiger partial charge >= 0.3 is 6.18 Å². The van der Waals surface area contributed by atoms with Crippen molar-refractivity contribution in [1.29, 1.82) is 0 Å². The first-order valence-electron chi connectivity index (χ1n) is 12.6. The SMILES string of the molecule is O=C(Nc1cc(Oc2ccc3c(c2)CCC3)cc([N+](=O)[O-])c1)c1nn2c(c1Cl)N[C@@H](c1cccs1)C[C@@H]2C(F)(F)F. The minimum absolute atomic E-state index is 0.0146. The van der Waals surface area contributed by atoms with Gasteiger partial charge in [0.05, 0.1) is 22.7 Å². The molecule has 0 bridgehead atoms. The first-order valence-corrected chi connectivity index (χ1v) is 13.9. The van der Waals surface area contributed by atoms with Crippen LogP contribution < -0.4 is 15.4 Å². The zero-order chi connectivity index (χ0) is 28.9. The number of benzene rings is 2. The Kier molecular flexibility index (Phi) is 6.86. The maximum atomic E-state index is 14.0. The van der Waals surface area contributed by atoms with Gasteiger partial charge in [-0.2, -0.15) is 18.3 Å². The molecule has 2 atom stereocenters. The number of thiophene rings is 1. The predicted octanol–water partition coefficient (Wildman–Crippen LogP) is 7.70. The molecule has 3 heterocycles. The maximum Gasteiger partial charge on any atom is 0.410 e. The summed E-state index contributed by atoms with van der Waals surface area (Å²) in [6.07, 6.45) is -2.06. The highest BCUT2D eigenvalue weighted by atomic mass is 35.5. The van der Waals surface area contributed by atoms with Gasteiger partial charge in [0.15, 0.2) is 11.7 Å². The first kappa shape index (κ1) is 27.1. The van der Waals surface area contributed by atoms with Crippen molar-refractivity contribution in [1.82, 2.24) is 9.78 Å². The number of nitro benzene ring substituents is 1. The van der Waals surface area contributed by atoms with Crippen molar-refractivity contribution in [3.05, 3.63) is 90.7 Å². The Morgan fingerprint density at radius 3 is 2.71 bits per heavy atom. The second-order valence-corrected chi connectivity index (χ2v) is 11.1. The lowest BCUT2D eigenvalue weighted by molar-refractivity contribution is -0.384. The summed E-state index contributed by atoms with van der Waals surface area (Å²) >= 11 is 7.71. The van der Waals surface area contributed by atoms with Crippen LogP contribution in [0.4, 0.5) is 30.4 Å². The summed E-state index contributed by atoms with van der Waals surface area (Å²) in [6, 6.07) is 10.1. The number of anilines is 2. The maximum absolute atomic E-state index is 14.0. The molecular formula is C27H21ClF3N5O4S. The van der Waals surface area contributed by atoms with Gasteiger partial charge in [-0.3, -0.25) is 14.9 Å². The van der Waals surface area contributed by atoms with Gasteiger partial charge in [0.1, 0.15) is 22.3 Å². The van der Waals surface area contributed by atoms with Crippen LogP contribution in [0.3, 0.4) is 0 Å². The third kappa shape index (κ3) is 5.34. The number of carbonyl (C=O) groups excluding carboxylic acids is 1. The average Bonchev–Trinajstić information content (AvgIpc) is 3.68. The summed E-state index contributed by atoms with van der Waals surface area (Å²) in [5.41, 5.74) is 1.55. The third-order valence-corrected chi connectivity index (χ3v) is 8.41. The number of alkyl halides is 3. The van der Waals surface area contributed by atoms with Crippen molar-refractivity contribution < 1.29 is 27.6 Å². The summed E-state index contributed by atoms with van der Waals surface area (Å²) in [7, 11) is 0. The van der Waals surface area contributed by atoms with Crippen LogP contribution in [0.1, 0.15) is 51.4 Å². The number of nitrogens with zero attached hydrogens (tertiary/aromatic N) is 3. The average molecular weight is 604 g/mol. The fourth-order valence-electron chi connectivity index (χ4n) is 5.17. The van der Waals surface area contributed by atoms with Gasteiger partial charge in [-0.25, -0.2) is 4.68 Å². The fraction of sp³-hybridized carbons (Fsp3) is 0.259. The Morgan fingerprint density at radius 1 is 1.17 bits per heavy atom. The van der Waals surface area contributed by atoms with Crippen molar-refractivity contribution in [2.45, 2.75) is 43.9 Å². The van der Waals surface area contributed by atoms with Crippen LogP contribution in [0.25, 0.3) is 0 Å². The van der Waals surface area contributed by atoms with E-state index in [9.17, 15) is 28.1 Å². The van der Waals surface area contributed by atoms with E-state index in [1.807, 2.05) is 12.1 Å². The number of ether oxygens (including phenoxy) is 1. The van der Waals surface area contributed by atoms with Gasteiger partial charge in [0, 0.05) is 23.4 Å². The molecule has 1 aliphatic heterocycles. The molecule has 0 radical (unpaired) electrons. The molecule has 0 saturated carbocycles. The Balaban J connectivity index is 1.29. The number of aryl methyl sites for hydroxylation is 2. The molecular weight excluding hydrogens is 583 g/mol. The molecule has 1 aliphatic carbocycles. The molecule has 4 aromatic rings. The summed E-state index contributed by atoms with van der Waals surface area (Å²) in [5.74, 6) is -0.488. The lowest BCUT2D eigenvalue weighted by Gasteiger charge is -2.32. The number of nitrogens with one attached hydrogen (secondary N) is 2. The van der Waals surface area contributed by atoms with E-state index in [1.165, 1.54) is 29.0 Å². The highest BCUT2D eigenvalue weighted by molar-refractivity contribution is 7.10. The van der Waals surface area contributed by atoms with Crippen molar-refractivity contribution in [2.75, 3.05) is 10.6 Å². The second kappa shape index (κ2) is 10.4. The quantitative estimate of drug-likeness (QED) is 0.173. The molecule has 0 fully saturated rings. The number of hydrogen-bond acceptors (Lipinski definition) is 7. The van der Waals surface area contributed by atoms with Crippen LogP contribution in [0.2, 0.25) is 5.02 Å². The Morgan fingerprint density at radius 2 is 1.98 bits per heavy atom. The number of rotatable bonds is 6. The lowest BCUT2D eigenvalue weighted by Crippen LogP contribution is -2.35. The van der Waals surface area contributed by atoms with E-state index in [2.05, 4.69) is 15.7 Å². The number of amides is 1. The van der Waals surface area contributed by atoms with Crippen LogP contribution in [-0.2, 0) is 12.8 Å². The summed E-state index contributed by atoms with van der Waals surface area (Å²) < 4.78 is 48.7. The fourth-order valence-corrected chi connectivity index (χ4v) is 6.22. The minimum Gasteiger partial charge on any atom is -0.457 e. The van der Waals surface area contributed by atoms with E-state index < -0.39 is 34.8 Å². The van der Waals surface area contributed by atoms with Gasteiger partial charge in [0.25, 0.3) is 11.6 Å². The van der Waals surface area contributed by atoms with Gasteiger partial charge in [0.2, 0.25) is 0 Å². The number of aromatic nitrogens is 2. The molecule has 2 N–H and O–H groups in total. The smallest absolute Gasteiger partial charge is 0.410 e. The number of nitro groups is 1. The molecule has 0 saturated heterocycles. The van der Waals surface area contributed by atoms with E-state index in [4.69, 9.17) is 16.3 Å². The predicted molar refractivity (Wildman–Crippen MR) is 147 cm³/mol. The third-order valence-electron chi connectivity index (χ3n) is 7.06. The summed E-state index contributed by atoms with van der Waals surface area (Å²) in [4.78, 5) is 24.8. The second-order valence-electron chi connectivity index (χ2n) is 9.77. The van der Waals surface area contributed by atoms with Crippen LogP contribution in [0.5, 0.6) is 11.5 Å². The number of fused-ring (bicyclic) bond motifs is 2. The summed E-state index contributed by atoms with van der Waals surface area (Å²) in [5, 5.41) is 22.4. The van der Waals surface area contributed by atoms with Crippen LogP contribution in [0.15, 0.2) is 53.9 Å². The standard InChI is InChI=1S/C27H21ClF3N5O4S/c28-23-24(34-35-22(27(29,30)31)13-20(33-25(23)35)21-5-2-8-41-21)26(37)32-16-10-17(36(38)39)12-19(11-16)40-18-7-6-14-3-1-4-15(14)9-18/h2,5-12,20,22,33H,1,3-4,13H2,(H,32,37)/t20-,22-/m1/s1. The molecule has 41 heavy (non-hydrogen) atoms. The molecule has 2 aliphatic rings. The lowest BCUT2D eigenvalue weighted by atomic mass is 10.0. The first-order chi connectivity index (χ1) is 19.6. The Bertz CT molecular complexity index is 1660. The van der Waals surface area contributed by atoms with Crippen LogP contribution in [-0.4, -0.2) is 26.8 Å². The van der Waals surface area contributed by atoms with E-state index in [1.54, 1.807) is 23.6 Å². The van der Waals surface area contributed by atoms with Gasteiger partial charge in [-0.1, -0.05) is 23.7 Å². The van der Waals surface area contributed by atoms with Crippen molar-refractivity contribution in [2.24, 2.45) is 0 Å². The number of non-ortho nitro benzene ring substituents is 1. The van der Waals surface area contributed by atoms with E-state index in [0.29, 0.717) is 15.3 Å². The molecule has 212 valence electrons. The van der Waals surface area contributed by atoms with E-state index in [-0.39, 0.29) is 34.4 Å². The zero-order valence-corrected chi connectivity index (χ0v) is 22.6. The van der Waals surface area contributed by atoms with Gasteiger partial charge in [-0.15, -0.1) is 11.3 Å². The normalized spacial score (nSPS) is 17.9. The topological polar surface area (TPSA) is 111 Å². The number of hydrogen-bond donors (Lipinski definition) is 2. The molecule has 6 rings (SSSR count). The summed E-state index contributed by atoms with van der Waals surface area (Å²) in [6.45, 7) is 0. The molecule has 0 unspecified atom stereocenters. The molecule has 1 amide bonds. The number of carbonyl (C=O) groups is 1. The van der Waals surface area contributed by atoms with Crippen LogP contribution in [0, 0.1) is 10.1 Å². The zero-order valence-electron chi connectivity index (χ0n) is 21.1. The molecule has 2 aromatic heterocycles.